The number of phenols is 2. The van der Waals surface area contributed by atoms with Gasteiger partial charge in [0, 0.05) is 5.56 Å². The first-order valence-corrected chi connectivity index (χ1v) is 5.71. The molecule has 0 aliphatic carbocycles. The van der Waals surface area contributed by atoms with Crippen LogP contribution < -0.4 is 0 Å². The molecule has 2 heteroatoms. The first-order chi connectivity index (χ1) is 8.09. The second kappa shape index (κ2) is 4.50. The fourth-order valence-corrected chi connectivity index (χ4v) is 1.99. The molecule has 2 aromatic carbocycles. The summed E-state index contributed by atoms with van der Waals surface area (Å²) in [6.07, 6.45) is 0. The minimum atomic E-state index is 0.163. The van der Waals surface area contributed by atoms with Crippen LogP contribution in [0.1, 0.15) is 25.3 Å². The minimum Gasteiger partial charge on any atom is -0.508 e. The van der Waals surface area contributed by atoms with Gasteiger partial charge >= 0.3 is 0 Å². The first kappa shape index (κ1) is 11.5. The maximum atomic E-state index is 9.88. The van der Waals surface area contributed by atoms with Gasteiger partial charge in [-0.1, -0.05) is 38.1 Å². The molecule has 2 aromatic rings. The third-order valence-electron chi connectivity index (χ3n) is 2.85. The fraction of sp³-hybridized carbons (Fsp3) is 0.200. The molecule has 2 nitrogen and oxygen atoms in total. The predicted molar refractivity (Wildman–Crippen MR) is 69.3 cm³/mol. The maximum absolute atomic E-state index is 9.88. The van der Waals surface area contributed by atoms with Crippen molar-refractivity contribution in [3.05, 3.63) is 48.0 Å². The lowest BCUT2D eigenvalue weighted by atomic mass is 9.92. The van der Waals surface area contributed by atoms with E-state index in [0.717, 1.165) is 11.1 Å². The van der Waals surface area contributed by atoms with Crippen LogP contribution in [0.25, 0.3) is 11.1 Å². The van der Waals surface area contributed by atoms with Crippen LogP contribution in [-0.4, -0.2) is 10.2 Å². The molecule has 88 valence electrons. The second-order valence-corrected chi connectivity index (χ2v) is 4.44. The van der Waals surface area contributed by atoms with E-state index in [2.05, 4.69) is 13.8 Å². The van der Waals surface area contributed by atoms with Crippen molar-refractivity contribution < 1.29 is 10.2 Å². The van der Waals surface area contributed by atoms with Crippen LogP contribution in [-0.2, 0) is 0 Å². The summed E-state index contributed by atoms with van der Waals surface area (Å²) in [5.41, 5.74) is 2.80. The Kier molecular flexibility index (Phi) is 3.05. The van der Waals surface area contributed by atoms with E-state index >= 15 is 0 Å². The summed E-state index contributed by atoms with van der Waals surface area (Å²) >= 11 is 0. The zero-order valence-corrected chi connectivity index (χ0v) is 10.0. The Bertz CT molecular complexity index is 530. The Hall–Kier alpha value is -1.96. The number of hydrogen-bond donors (Lipinski definition) is 2. The van der Waals surface area contributed by atoms with Crippen molar-refractivity contribution >= 4 is 0 Å². The van der Waals surface area contributed by atoms with Gasteiger partial charge in [-0.15, -0.1) is 0 Å². The highest BCUT2D eigenvalue weighted by molar-refractivity contribution is 5.74. The largest absolute Gasteiger partial charge is 0.508 e. The van der Waals surface area contributed by atoms with E-state index in [-0.39, 0.29) is 11.5 Å². The lowest BCUT2D eigenvalue weighted by Gasteiger charge is -2.14. The standard InChI is InChI=1S/C15H16O2/c1-10(2)12-5-3-4-6-13(12)14-9-11(16)7-8-15(14)17/h3-10,16-17H,1-2H3. The zero-order valence-electron chi connectivity index (χ0n) is 10.0. The summed E-state index contributed by atoms with van der Waals surface area (Å²) in [7, 11) is 0. The number of aromatic hydroxyl groups is 2. The van der Waals surface area contributed by atoms with E-state index in [1.165, 1.54) is 12.1 Å². The van der Waals surface area contributed by atoms with Gasteiger partial charge in [0.15, 0.2) is 0 Å². The smallest absolute Gasteiger partial charge is 0.123 e. The molecule has 0 spiro atoms. The van der Waals surface area contributed by atoms with E-state index in [1.54, 1.807) is 6.07 Å². The van der Waals surface area contributed by atoms with Crippen molar-refractivity contribution in [2.24, 2.45) is 0 Å². The van der Waals surface area contributed by atoms with Gasteiger partial charge in [0.25, 0.3) is 0 Å². The lowest BCUT2D eigenvalue weighted by molar-refractivity contribution is 0.462. The average molecular weight is 228 g/mol. The van der Waals surface area contributed by atoms with E-state index in [4.69, 9.17) is 0 Å². The highest BCUT2D eigenvalue weighted by Crippen LogP contribution is 2.36. The van der Waals surface area contributed by atoms with Crippen molar-refractivity contribution in [1.82, 2.24) is 0 Å². The van der Waals surface area contributed by atoms with Gasteiger partial charge in [-0.2, -0.15) is 0 Å². The predicted octanol–water partition coefficient (Wildman–Crippen LogP) is 3.89. The minimum absolute atomic E-state index is 0.163. The average Bonchev–Trinajstić information content (AvgIpc) is 2.32. The summed E-state index contributed by atoms with van der Waals surface area (Å²) < 4.78 is 0. The van der Waals surface area contributed by atoms with Gasteiger partial charge in [0.1, 0.15) is 11.5 Å². The van der Waals surface area contributed by atoms with Crippen molar-refractivity contribution in [1.29, 1.82) is 0 Å². The number of benzene rings is 2. The van der Waals surface area contributed by atoms with Crippen molar-refractivity contribution in [2.75, 3.05) is 0 Å². The Morgan fingerprint density at radius 1 is 0.882 bits per heavy atom. The summed E-state index contributed by atoms with van der Waals surface area (Å²) in [4.78, 5) is 0. The van der Waals surface area contributed by atoms with Crippen molar-refractivity contribution in [3.63, 3.8) is 0 Å². The summed E-state index contributed by atoms with van der Waals surface area (Å²) in [6.45, 7) is 4.22. The van der Waals surface area contributed by atoms with Crippen LogP contribution in [0.2, 0.25) is 0 Å². The molecule has 0 fully saturated rings. The molecule has 0 aliphatic rings. The summed E-state index contributed by atoms with van der Waals surface area (Å²) in [5.74, 6) is 0.722. The highest BCUT2D eigenvalue weighted by Gasteiger charge is 2.11. The van der Waals surface area contributed by atoms with Crippen LogP contribution >= 0.6 is 0 Å². The third kappa shape index (κ3) is 2.26. The second-order valence-electron chi connectivity index (χ2n) is 4.44. The highest BCUT2D eigenvalue weighted by atomic mass is 16.3. The molecule has 0 saturated heterocycles. The Morgan fingerprint density at radius 3 is 2.29 bits per heavy atom. The molecule has 17 heavy (non-hydrogen) atoms. The van der Waals surface area contributed by atoms with Crippen LogP contribution in [0.3, 0.4) is 0 Å². The Balaban J connectivity index is 2.64. The van der Waals surface area contributed by atoms with Gasteiger partial charge in [0.05, 0.1) is 0 Å². The molecule has 2 rings (SSSR count). The molecular weight excluding hydrogens is 212 g/mol. The summed E-state index contributed by atoms with van der Waals surface area (Å²) in [5, 5.41) is 19.4. The van der Waals surface area contributed by atoms with Crippen LogP contribution in [0.4, 0.5) is 0 Å². The molecule has 0 aromatic heterocycles. The Labute approximate surface area is 101 Å². The quantitative estimate of drug-likeness (QED) is 0.765. The van der Waals surface area contributed by atoms with Crippen LogP contribution in [0.5, 0.6) is 11.5 Å². The van der Waals surface area contributed by atoms with Crippen LogP contribution in [0.15, 0.2) is 42.5 Å². The monoisotopic (exact) mass is 228 g/mol. The molecule has 2 N–H and O–H groups in total. The number of phenolic OH excluding ortho intramolecular Hbond substituents is 2. The summed E-state index contributed by atoms with van der Waals surface area (Å²) in [6, 6.07) is 12.5. The molecule has 0 radical (unpaired) electrons. The van der Waals surface area contributed by atoms with Crippen LogP contribution in [0, 0.1) is 0 Å². The topological polar surface area (TPSA) is 40.5 Å². The molecule has 0 amide bonds. The normalized spacial score (nSPS) is 10.8. The molecule has 0 aliphatic heterocycles. The molecule has 0 bridgehead atoms. The van der Waals surface area contributed by atoms with E-state index in [9.17, 15) is 10.2 Å². The molecule has 0 atom stereocenters. The Morgan fingerprint density at radius 2 is 1.59 bits per heavy atom. The van der Waals surface area contributed by atoms with E-state index in [1.807, 2.05) is 24.3 Å². The maximum Gasteiger partial charge on any atom is 0.123 e. The van der Waals surface area contributed by atoms with E-state index in [0.29, 0.717) is 11.5 Å². The van der Waals surface area contributed by atoms with Gasteiger partial charge in [-0.25, -0.2) is 0 Å². The number of rotatable bonds is 2. The van der Waals surface area contributed by atoms with Gasteiger partial charge in [-0.05, 0) is 35.2 Å². The van der Waals surface area contributed by atoms with Gasteiger partial charge in [-0.3, -0.25) is 0 Å². The molecular formula is C15H16O2. The lowest BCUT2D eigenvalue weighted by Crippen LogP contribution is -1.92. The third-order valence-corrected chi connectivity index (χ3v) is 2.85. The fourth-order valence-electron chi connectivity index (χ4n) is 1.99. The molecule has 0 heterocycles. The molecule has 0 saturated carbocycles. The molecule has 0 unspecified atom stereocenters. The van der Waals surface area contributed by atoms with Crippen molar-refractivity contribution in [2.45, 2.75) is 19.8 Å². The SMILES string of the molecule is CC(C)c1ccccc1-c1cc(O)ccc1O. The van der Waals surface area contributed by atoms with Gasteiger partial charge in [0.2, 0.25) is 0 Å². The zero-order chi connectivity index (χ0) is 12.4. The van der Waals surface area contributed by atoms with Crippen molar-refractivity contribution in [3.8, 4) is 22.6 Å². The number of hydrogen-bond acceptors (Lipinski definition) is 2. The van der Waals surface area contributed by atoms with E-state index < -0.39 is 0 Å². The first-order valence-electron chi connectivity index (χ1n) is 5.71. The van der Waals surface area contributed by atoms with Gasteiger partial charge < -0.3 is 10.2 Å².